The normalized spacial score (nSPS) is 20.5. The Hall–Kier alpha value is -1.71. The van der Waals surface area contributed by atoms with Gasteiger partial charge in [0, 0.05) is 38.8 Å². The lowest BCUT2D eigenvalue weighted by Gasteiger charge is -2.32. The smallest absolute Gasteiger partial charge is 0.317 e. The SMILES string of the molecule is CC.CCC1CN(CC(=O)O)CCN(CC(=O)O)CCN1CC(=O)O. The van der Waals surface area contributed by atoms with E-state index in [-0.39, 0.29) is 25.7 Å². The van der Waals surface area contributed by atoms with Crippen molar-refractivity contribution in [3.8, 4) is 0 Å². The molecule has 9 heteroatoms. The molecule has 1 aliphatic rings. The van der Waals surface area contributed by atoms with Crippen molar-refractivity contribution in [3.63, 3.8) is 0 Å². The van der Waals surface area contributed by atoms with E-state index in [0.29, 0.717) is 39.1 Å². The van der Waals surface area contributed by atoms with Crippen molar-refractivity contribution in [2.45, 2.75) is 33.2 Å². The molecule has 0 aromatic heterocycles. The van der Waals surface area contributed by atoms with E-state index in [2.05, 4.69) is 0 Å². The molecular weight excluding hydrogens is 330 g/mol. The predicted molar refractivity (Wildman–Crippen MR) is 92.8 cm³/mol. The van der Waals surface area contributed by atoms with Gasteiger partial charge >= 0.3 is 17.9 Å². The van der Waals surface area contributed by atoms with Gasteiger partial charge < -0.3 is 15.3 Å². The molecule has 0 bridgehead atoms. The number of nitrogens with zero attached hydrogens (tertiary/aromatic N) is 3. The van der Waals surface area contributed by atoms with E-state index in [4.69, 9.17) is 15.3 Å². The lowest BCUT2D eigenvalue weighted by Crippen LogP contribution is -2.47. The van der Waals surface area contributed by atoms with Crippen molar-refractivity contribution in [2.24, 2.45) is 0 Å². The van der Waals surface area contributed by atoms with E-state index in [9.17, 15) is 14.4 Å². The van der Waals surface area contributed by atoms with E-state index in [0.717, 1.165) is 0 Å². The van der Waals surface area contributed by atoms with Crippen LogP contribution in [0.5, 0.6) is 0 Å². The molecular formula is C16H31N3O6. The number of carboxylic acid groups (broad SMARTS) is 3. The molecule has 1 unspecified atom stereocenters. The molecule has 0 saturated carbocycles. The van der Waals surface area contributed by atoms with Crippen LogP contribution >= 0.6 is 0 Å². The fourth-order valence-corrected chi connectivity index (χ4v) is 2.81. The molecule has 1 rings (SSSR count). The first-order valence-electron chi connectivity index (χ1n) is 8.66. The van der Waals surface area contributed by atoms with E-state index in [1.54, 1.807) is 14.7 Å². The van der Waals surface area contributed by atoms with Gasteiger partial charge in [-0.05, 0) is 6.42 Å². The van der Waals surface area contributed by atoms with Crippen LogP contribution in [0.3, 0.4) is 0 Å². The average molecular weight is 361 g/mol. The highest BCUT2D eigenvalue weighted by Gasteiger charge is 2.26. The summed E-state index contributed by atoms with van der Waals surface area (Å²) in [7, 11) is 0. The van der Waals surface area contributed by atoms with Gasteiger partial charge in [0.15, 0.2) is 0 Å². The van der Waals surface area contributed by atoms with Gasteiger partial charge in [0.25, 0.3) is 0 Å². The first kappa shape index (κ1) is 23.3. The minimum atomic E-state index is -0.953. The zero-order valence-electron chi connectivity index (χ0n) is 15.3. The zero-order chi connectivity index (χ0) is 19.4. The second-order valence-electron chi connectivity index (χ2n) is 5.73. The van der Waals surface area contributed by atoms with Crippen LogP contribution < -0.4 is 0 Å². The van der Waals surface area contributed by atoms with Gasteiger partial charge in [-0.1, -0.05) is 20.8 Å². The van der Waals surface area contributed by atoms with Gasteiger partial charge in [0.1, 0.15) is 0 Å². The van der Waals surface area contributed by atoms with Crippen LogP contribution in [0.2, 0.25) is 0 Å². The third-order valence-corrected chi connectivity index (χ3v) is 3.95. The average Bonchev–Trinajstić information content (AvgIpc) is 2.60. The van der Waals surface area contributed by atoms with Gasteiger partial charge in [-0.2, -0.15) is 0 Å². The standard InChI is InChI=1S/C14H25N3O6.C2H6/c1-2-11-7-16(9-13(20)21)4-3-15(8-12(18)19)5-6-17(11)10-14(22)23;1-2/h11H,2-10H2,1H3,(H,18,19)(H,20,21)(H,22,23);1-2H3. The Morgan fingerprint density at radius 2 is 1.24 bits per heavy atom. The summed E-state index contributed by atoms with van der Waals surface area (Å²) in [6, 6.07) is -0.0739. The molecule has 0 aliphatic carbocycles. The zero-order valence-corrected chi connectivity index (χ0v) is 15.3. The fraction of sp³-hybridized carbons (Fsp3) is 0.812. The number of carboxylic acids is 3. The second-order valence-corrected chi connectivity index (χ2v) is 5.73. The highest BCUT2D eigenvalue weighted by atomic mass is 16.4. The molecule has 1 aliphatic heterocycles. The highest BCUT2D eigenvalue weighted by Crippen LogP contribution is 2.10. The number of hydrogen-bond donors (Lipinski definition) is 3. The quantitative estimate of drug-likeness (QED) is 0.573. The molecule has 0 amide bonds. The molecule has 3 N–H and O–H groups in total. The molecule has 9 nitrogen and oxygen atoms in total. The topological polar surface area (TPSA) is 122 Å². The number of aliphatic carboxylic acids is 3. The van der Waals surface area contributed by atoms with Gasteiger partial charge in [-0.15, -0.1) is 0 Å². The van der Waals surface area contributed by atoms with E-state index < -0.39 is 17.9 Å². The fourth-order valence-electron chi connectivity index (χ4n) is 2.81. The van der Waals surface area contributed by atoms with Crippen LogP contribution in [0.1, 0.15) is 27.2 Å². The first-order valence-corrected chi connectivity index (χ1v) is 8.66. The van der Waals surface area contributed by atoms with E-state index in [1.807, 2.05) is 20.8 Å². The molecule has 1 heterocycles. The monoisotopic (exact) mass is 361 g/mol. The van der Waals surface area contributed by atoms with Crippen molar-refractivity contribution in [1.82, 2.24) is 14.7 Å². The summed E-state index contributed by atoms with van der Waals surface area (Å²) in [6.07, 6.45) is 0.697. The largest absolute Gasteiger partial charge is 0.480 e. The van der Waals surface area contributed by atoms with Crippen LogP contribution in [-0.2, 0) is 14.4 Å². The van der Waals surface area contributed by atoms with E-state index >= 15 is 0 Å². The molecule has 1 fully saturated rings. The minimum absolute atomic E-state index is 0.0739. The molecule has 0 aromatic carbocycles. The lowest BCUT2D eigenvalue weighted by atomic mass is 10.1. The summed E-state index contributed by atoms with van der Waals surface area (Å²) >= 11 is 0. The number of rotatable bonds is 7. The molecule has 0 spiro atoms. The van der Waals surface area contributed by atoms with Crippen LogP contribution in [0.15, 0.2) is 0 Å². The lowest BCUT2D eigenvalue weighted by molar-refractivity contribution is -0.140. The first-order chi connectivity index (χ1) is 11.8. The maximum Gasteiger partial charge on any atom is 0.317 e. The van der Waals surface area contributed by atoms with Crippen LogP contribution in [0.25, 0.3) is 0 Å². The molecule has 1 atom stereocenters. The maximum absolute atomic E-state index is 11.1. The summed E-state index contributed by atoms with van der Waals surface area (Å²) < 4.78 is 0. The highest BCUT2D eigenvalue weighted by molar-refractivity contribution is 5.70. The third-order valence-electron chi connectivity index (χ3n) is 3.95. The Balaban J connectivity index is 0.00000277. The van der Waals surface area contributed by atoms with Crippen LogP contribution in [-0.4, -0.2) is 106 Å². The van der Waals surface area contributed by atoms with Gasteiger partial charge in [-0.3, -0.25) is 29.1 Å². The predicted octanol–water partition coefficient (Wildman–Crippen LogP) is -0.0354. The van der Waals surface area contributed by atoms with Crippen LogP contribution in [0.4, 0.5) is 0 Å². The molecule has 0 aromatic rings. The second kappa shape index (κ2) is 12.6. The number of hydrogen-bond acceptors (Lipinski definition) is 6. The van der Waals surface area contributed by atoms with Crippen molar-refractivity contribution < 1.29 is 29.7 Å². The number of carbonyl (C=O) groups is 3. The Morgan fingerprint density at radius 1 is 0.800 bits per heavy atom. The Morgan fingerprint density at radius 3 is 1.72 bits per heavy atom. The summed E-state index contributed by atoms with van der Waals surface area (Å²) in [5.41, 5.74) is 0. The summed E-state index contributed by atoms with van der Waals surface area (Å²) in [6.45, 7) is 7.74. The third kappa shape index (κ3) is 10.0. The van der Waals surface area contributed by atoms with Crippen molar-refractivity contribution in [2.75, 3.05) is 52.4 Å². The molecule has 25 heavy (non-hydrogen) atoms. The van der Waals surface area contributed by atoms with Gasteiger partial charge in [0.2, 0.25) is 0 Å². The van der Waals surface area contributed by atoms with Crippen molar-refractivity contribution in [1.29, 1.82) is 0 Å². The summed E-state index contributed by atoms with van der Waals surface area (Å²) in [5, 5.41) is 27.1. The maximum atomic E-state index is 11.1. The summed E-state index contributed by atoms with van der Waals surface area (Å²) in [4.78, 5) is 38.3. The molecule has 0 radical (unpaired) electrons. The minimum Gasteiger partial charge on any atom is -0.480 e. The van der Waals surface area contributed by atoms with E-state index in [1.165, 1.54) is 0 Å². The van der Waals surface area contributed by atoms with Crippen molar-refractivity contribution in [3.05, 3.63) is 0 Å². The van der Waals surface area contributed by atoms with Crippen molar-refractivity contribution >= 4 is 17.9 Å². The van der Waals surface area contributed by atoms with Crippen LogP contribution in [0, 0.1) is 0 Å². The van der Waals surface area contributed by atoms with Gasteiger partial charge in [0.05, 0.1) is 19.6 Å². The summed E-state index contributed by atoms with van der Waals surface area (Å²) in [5.74, 6) is -2.85. The Kier molecular flexibility index (Phi) is 11.8. The van der Waals surface area contributed by atoms with Gasteiger partial charge in [-0.25, -0.2) is 0 Å². The molecule has 1 saturated heterocycles. The molecule has 146 valence electrons. The Bertz CT molecular complexity index is 432. The Labute approximate surface area is 148 Å².